The molecule has 1 aliphatic heterocycles. The number of carbonyl (C=O) groups is 2. The van der Waals surface area contributed by atoms with Crippen LogP contribution in [0.4, 0.5) is 0 Å². The maximum Gasteiger partial charge on any atom is 0.309 e. The van der Waals surface area contributed by atoms with Crippen LogP contribution in [-0.2, 0) is 14.3 Å². The van der Waals surface area contributed by atoms with E-state index in [1.54, 1.807) is 6.92 Å². The predicted octanol–water partition coefficient (Wildman–Crippen LogP) is 2.99. The molecule has 0 amide bonds. The molecule has 1 heterocycles. The highest BCUT2D eigenvalue weighted by Gasteiger charge is 2.53. The second kappa shape index (κ2) is 3.95. The van der Waals surface area contributed by atoms with Crippen molar-refractivity contribution in [3.63, 3.8) is 0 Å². The zero-order chi connectivity index (χ0) is 13.9. The number of rotatable bonds is 0. The van der Waals surface area contributed by atoms with E-state index >= 15 is 0 Å². The van der Waals surface area contributed by atoms with E-state index < -0.39 is 0 Å². The van der Waals surface area contributed by atoms with Gasteiger partial charge in [0.1, 0.15) is 6.10 Å². The Labute approximate surface area is 117 Å². The van der Waals surface area contributed by atoms with Crippen LogP contribution in [0, 0.1) is 17.3 Å². The lowest BCUT2D eigenvalue weighted by Crippen LogP contribution is -2.40. The molecule has 3 nitrogen and oxygen atoms in total. The predicted molar refractivity (Wildman–Crippen MR) is 71.5 cm³/mol. The van der Waals surface area contributed by atoms with E-state index in [4.69, 9.17) is 16.3 Å². The first-order valence-electron chi connectivity index (χ1n) is 6.70. The normalized spacial score (nSPS) is 41.7. The molecule has 0 aromatic heterocycles. The minimum absolute atomic E-state index is 0.0775. The third kappa shape index (κ3) is 1.64. The Bertz CT molecular complexity index is 546. The van der Waals surface area contributed by atoms with E-state index in [9.17, 15) is 9.59 Å². The van der Waals surface area contributed by atoms with Crippen molar-refractivity contribution in [3.8, 4) is 0 Å². The van der Waals surface area contributed by atoms with Crippen molar-refractivity contribution in [1.82, 2.24) is 0 Å². The Morgan fingerprint density at radius 1 is 1.42 bits per heavy atom. The summed E-state index contributed by atoms with van der Waals surface area (Å²) in [6, 6.07) is 0. The Hall–Kier alpha value is -1.09. The molecule has 0 N–H and O–H groups in total. The highest BCUT2D eigenvalue weighted by atomic mass is 35.5. The van der Waals surface area contributed by atoms with E-state index in [1.165, 1.54) is 0 Å². The molecular formula is C15H17ClO3. The minimum atomic E-state index is -0.249. The lowest BCUT2D eigenvalue weighted by atomic mass is 9.61. The van der Waals surface area contributed by atoms with Crippen LogP contribution in [0.15, 0.2) is 22.3 Å². The number of Topliss-reactive ketones (excluding diaryl/α,β-unsaturated/α-hetero) is 1. The quantitative estimate of drug-likeness (QED) is 0.641. The zero-order valence-corrected chi connectivity index (χ0v) is 12.1. The van der Waals surface area contributed by atoms with Crippen LogP contribution in [0.3, 0.4) is 0 Å². The maximum absolute atomic E-state index is 12.1. The zero-order valence-electron chi connectivity index (χ0n) is 11.3. The first-order chi connectivity index (χ1) is 8.85. The summed E-state index contributed by atoms with van der Waals surface area (Å²) in [5.41, 5.74) is 1.38. The van der Waals surface area contributed by atoms with Crippen LogP contribution >= 0.6 is 11.6 Å². The van der Waals surface area contributed by atoms with Gasteiger partial charge >= 0.3 is 5.97 Å². The average Bonchev–Trinajstić information content (AvgIpc) is 2.61. The van der Waals surface area contributed by atoms with Crippen molar-refractivity contribution in [2.24, 2.45) is 17.3 Å². The molecule has 2 fully saturated rings. The highest BCUT2D eigenvalue weighted by Crippen LogP contribution is 2.54. The second-order valence-corrected chi connectivity index (χ2v) is 6.53. The smallest absolute Gasteiger partial charge is 0.309 e. The van der Waals surface area contributed by atoms with Gasteiger partial charge in [0.15, 0.2) is 5.78 Å². The van der Waals surface area contributed by atoms with Crippen molar-refractivity contribution in [3.05, 3.63) is 22.3 Å². The molecule has 3 aliphatic rings. The van der Waals surface area contributed by atoms with Crippen LogP contribution in [0.2, 0.25) is 0 Å². The first-order valence-corrected chi connectivity index (χ1v) is 7.08. The van der Waals surface area contributed by atoms with E-state index in [-0.39, 0.29) is 35.1 Å². The Morgan fingerprint density at radius 2 is 2.11 bits per heavy atom. The molecular weight excluding hydrogens is 264 g/mol. The van der Waals surface area contributed by atoms with Gasteiger partial charge in [-0.1, -0.05) is 31.5 Å². The summed E-state index contributed by atoms with van der Waals surface area (Å²) in [6.45, 7) is 5.79. The van der Waals surface area contributed by atoms with E-state index in [0.717, 1.165) is 18.4 Å². The van der Waals surface area contributed by atoms with E-state index in [0.29, 0.717) is 10.6 Å². The van der Waals surface area contributed by atoms with Gasteiger partial charge in [-0.2, -0.15) is 0 Å². The van der Waals surface area contributed by atoms with Crippen LogP contribution < -0.4 is 0 Å². The molecule has 0 aromatic rings. The number of ether oxygens (including phenoxy) is 1. The molecule has 0 aromatic carbocycles. The highest BCUT2D eigenvalue weighted by molar-refractivity contribution is 6.45. The number of esters is 1. The summed E-state index contributed by atoms with van der Waals surface area (Å²) in [7, 11) is 0. The van der Waals surface area contributed by atoms with Crippen molar-refractivity contribution < 1.29 is 14.3 Å². The third-order valence-corrected chi connectivity index (χ3v) is 5.23. The van der Waals surface area contributed by atoms with Gasteiger partial charge in [0.2, 0.25) is 0 Å². The molecule has 4 atom stereocenters. The Morgan fingerprint density at radius 3 is 2.79 bits per heavy atom. The fourth-order valence-corrected chi connectivity index (χ4v) is 4.18. The molecule has 3 rings (SSSR count). The standard InChI is InChI=1S/C15H17ClO3/c1-7-9-4-5-15(3)6-10(16)12(17)8(2)11(15)13(9)19-14(7)18/h6-7,9,13H,4-5H2,1-3H3/t7-,9-,13+,15+/m0/s1. The molecule has 2 aliphatic carbocycles. The van der Waals surface area contributed by atoms with E-state index in [1.807, 2.05) is 13.0 Å². The number of fused-ring (bicyclic) bond motifs is 3. The summed E-state index contributed by atoms with van der Waals surface area (Å²) in [5, 5.41) is 0.291. The van der Waals surface area contributed by atoms with Crippen molar-refractivity contribution in [2.75, 3.05) is 0 Å². The van der Waals surface area contributed by atoms with Gasteiger partial charge in [-0.15, -0.1) is 0 Å². The minimum Gasteiger partial charge on any atom is -0.457 e. The van der Waals surface area contributed by atoms with Crippen LogP contribution in [0.25, 0.3) is 0 Å². The largest absolute Gasteiger partial charge is 0.457 e. The molecule has 4 heteroatoms. The number of halogens is 1. The number of ketones is 1. The van der Waals surface area contributed by atoms with Crippen molar-refractivity contribution >= 4 is 23.4 Å². The topological polar surface area (TPSA) is 43.4 Å². The van der Waals surface area contributed by atoms with Crippen molar-refractivity contribution in [1.29, 1.82) is 0 Å². The summed E-state index contributed by atoms with van der Waals surface area (Å²) in [5.74, 6) is -0.159. The molecule has 0 bridgehead atoms. The number of carbonyl (C=O) groups excluding carboxylic acids is 2. The summed E-state index contributed by atoms with van der Waals surface area (Å²) in [4.78, 5) is 23.9. The van der Waals surface area contributed by atoms with Gasteiger partial charge in [0, 0.05) is 16.9 Å². The molecule has 1 saturated carbocycles. The lowest BCUT2D eigenvalue weighted by Gasteiger charge is -2.43. The maximum atomic E-state index is 12.1. The van der Waals surface area contributed by atoms with Crippen molar-refractivity contribution in [2.45, 2.75) is 39.7 Å². The van der Waals surface area contributed by atoms with Crippen LogP contribution in [-0.4, -0.2) is 17.9 Å². The van der Waals surface area contributed by atoms with Gasteiger partial charge in [0.25, 0.3) is 0 Å². The summed E-state index contributed by atoms with van der Waals surface area (Å²) >= 11 is 6.04. The molecule has 102 valence electrons. The SMILES string of the molecule is CC1=C2[C@@H]3OC(=O)[C@@H](C)[C@@H]3CC[C@]2(C)C=C(Cl)C1=O. The number of hydrogen-bond donors (Lipinski definition) is 0. The van der Waals surface area contributed by atoms with Gasteiger partial charge in [-0.25, -0.2) is 0 Å². The molecule has 0 radical (unpaired) electrons. The third-order valence-electron chi connectivity index (χ3n) is 4.95. The van der Waals surface area contributed by atoms with Gasteiger partial charge < -0.3 is 4.74 Å². The number of allylic oxidation sites excluding steroid dienone is 3. The molecule has 1 saturated heterocycles. The van der Waals surface area contributed by atoms with Crippen LogP contribution in [0.5, 0.6) is 0 Å². The summed E-state index contributed by atoms with van der Waals surface area (Å²) < 4.78 is 5.54. The second-order valence-electron chi connectivity index (χ2n) is 6.13. The molecule has 0 unspecified atom stereocenters. The van der Waals surface area contributed by atoms with Crippen LogP contribution in [0.1, 0.15) is 33.6 Å². The lowest BCUT2D eigenvalue weighted by molar-refractivity contribution is -0.143. The fraction of sp³-hybridized carbons (Fsp3) is 0.600. The van der Waals surface area contributed by atoms with Gasteiger partial charge in [-0.05, 0) is 25.3 Å². The van der Waals surface area contributed by atoms with E-state index in [2.05, 4.69) is 6.92 Å². The molecule has 0 spiro atoms. The molecule has 19 heavy (non-hydrogen) atoms. The summed E-state index contributed by atoms with van der Waals surface area (Å²) in [6.07, 6.45) is 3.43. The van der Waals surface area contributed by atoms with Gasteiger partial charge in [-0.3, -0.25) is 9.59 Å². The first kappa shape index (κ1) is 12.9. The fourth-order valence-electron chi connectivity index (χ4n) is 3.80. The Balaban J connectivity index is 2.12. The average molecular weight is 281 g/mol. The van der Waals surface area contributed by atoms with Gasteiger partial charge in [0.05, 0.1) is 11.0 Å². The monoisotopic (exact) mass is 280 g/mol. The number of hydrogen-bond acceptors (Lipinski definition) is 3. The Kier molecular flexibility index (Phi) is 2.69.